The molecule has 0 radical (unpaired) electrons. The molecule has 9 heteroatoms. The lowest BCUT2D eigenvalue weighted by molar-refractivity contribution is -0.137. The maximum atomic E-state index is 12.9. The van der Waals surface area contributed by atoms with Gasteiger partial charge in [0, 0.05) is 6.07 Å². The average Bonchev–Trinajstić information content (AvgIpc) is 3.01. The van der Waals surface area contributed by atoms with Crippen LogP contribution in [-0.4, -0.2) is 28.7 Å². The van der Waals surface area contributed by atoms with E-state index < -0.39 is 17.6 Å². The molecule has 0 saturated carbocycles. The summed E-state index contributed by atoms with van der Waals surface area (Å²) in [5, 5.41) is 2.79. The van der Waals surface area contributed by atoms with Gasteiger partial charge in [-0.25, -0.2) is 4.98 Å². The summed E-state index contributed by atoms with van der Waals surface area (Å²) in [5.74, 6) is 0.0345. The fourth-order valence-corrected chi connectivity index (χ4v) is 3.01. The van der Waals surface area contributed by atoms with Gasteiger partial charge in [-0.3, -0.25) is 4.79 Å². The highest BCUT2D eigenvalue weighted by Crippen LogP contribution is 2.34. The number of amides is 1. The summed E-state index contributed by atoms with van der Waals surface area (Å²) in [6, 6.07) is 10.2. The molecular weight excluding hydrogens is 367 g/mol. The zero-order valence-corrected chi connectivity index (χ0v) is 14.4. The Hall–Kier alpha value is -2.68. The minimum absolute atomic E-state index is 0.0802. The number of aromatic amines is 1. The number of rotatable bonds is 5. The standard InChI is InChI=1S/C17H14F3N3O2S/c1-25-10-6-7-13-14(8-10)23-16(22-13)26-9-15(24)21-12-5-3-2-4-11(12)17(18,19)20/h2-8H,9H2,1H3,(H,21,24)(H,22,23). The van der Waals surface area contributed by atoms with Crippen LogP contribution in [0.4, 0.5) is 18.9 Å². The first kappa shape index (κ1) is 18.1. The number of thioether (sulfide) groups is 1. The molecular formula is C17H14F3N3O2S. The van der Waals surface area contributed by atoms with Gasteiger partial charge in [0.25, 0.3) is 0 Å². The van der Waals surface area contributed by atoms with Crippen LogP contribution < -0.4 is 10.1 Å². The van der Waals surface area contributed by atoms with E-state index in [0.717, 1.165) is 23.3 Å². The number of fused-ring (bicyclic) bond motifs is 1. The van der Waals surface area contributed by atoms with E-state index in [9.17, 15) is 18.0 Å². The van der Waals surface area contributed by atoms with E-state index in [-0.39, 0.29) is 11.4 Å². The number of anilines is 1. The molecule has 1 aromatic heterocycles. The van der Waals surface area contributed by atoms with Crippen LogP contribution in [0.2, 0.25) is 0 Å². The Balaban J connectivity index is 1.66. The van der Waals surface area contributed by atoms with Crippen molar-refractivity contribution in [1.82, 2.24) is 9.97 Å². The molecule has 0 spiro atoms. The molecule has 0 aliphatic rings. The van der Waals surface area contributed by atoms with Crippen molar-refractivity contribution in [3.05, 3.63) is 48.0 Å². The minimum Gasteiger partial charge on any atom is -0.497 e. The number of nitrogens with one attached hydrogen (secondary N) is 2. The molecule has 0 bridgehead atoms. The molecule has 0 unspecified atom stereocenters. The van der Waals surface area contributed by atoms with Crippen molar-refractivity contribution in [1.29, 1.82) is 0 Å². The number of benzene rings is 2. The first-order valence-electron chi connectivity index (χ1n) is 7.49. The number of imidazole rings is 1. The van der Waals surface area contributed by atoms with Crippen LogP contribution in [-0.2, 0) is 11.0 Å². The Morgan fingerprint density at radius 2 is 2.04 bits per heavy atom. The lowest BCUT2D eigenvalue weighted by atomic mass is 10.1. The third kappa shape index (κ3) is 4.10. The van der Waals surface area contributed by atoms with Crippen LogP contribution in [0, 0.1) is 0 Å². The van der Waals surface area contributed by atoms with Gasteiger partial charge in [0.05, 0.1) is 35.1 Å². The summed E-state index contributed by atoms with van der Waals surface area (Å²) >= 11 is 1.10. The highest BCUT2D eigenvalue weighted by atomic mass is 32.2. The number of nitrogens with zero attached hydrogens (tertiary/aromatic N) is 1. The van der Waals surface area contributed by atoms with E-state index in [0.29, 0.717) is 16.4 Å². The maximum Gasteiger partial charge on any atom is 0.418 e. The molecule has 0 atom stereocenters. The topological polar surface area (TPSA) is 67.0 Å². The monoisotopic (exact) mass is 381 g/mol. The number of methoxy groups -OCH3 is 1. The molecule has 3 aromatic rings. The third-order valence-corrected chi connectivity index (χ3v) is 4.39. The summed E-state index contributed by atoms with van der Waals surface area (Å²) in [5.41, 5.74) is 0.305. The molecule has 26 heavy (non-hydrogen) atoms. The first-order valence-corrected chi connectivity index (χ1v) is 8.48. The average molecular weight is 381 g/mol. The second kappa shape index (κ2) is 7.28. The molecule has 1 heterocycles. The molecule has 0 aliphatic heterocycles. The molecule has 2 N–H and O–H groups in total. The van der Waals surface area contributed by atoms with Crippen molar-refractivity contribution in [2.24, 2.45) is 0 Å². The molecule has 5 nitrogen and oxygen atoms in total. The fourth-order valence-electron chi connectivity index (χ4n) is 2.32. The van der Waals surface area contributed by atoms with Gasteiger partial charge in [0.1, 0.15) is 5.75 Å². The second-order valence-corrected chi connectivity index (χ2v) is 6.27. The van der Waals surface area contributed by atoms with Gasteiger partial charge < -0.3 is 15.0 Å². The van der Waals surface area contributed by atoms with E-state index in [1.54, 1.807) is 25.3 Å². The van der Waals surface area contributed by atoms with Crippen molar-refractivity contribution in [2.45, 2.75) is 11.3 Å². The first-order chi connectivity index (χ1) is 12.4. The molecule has 136 valence electrons. The van der Waals surface area contributed by atoms with Crippen molar-refractivity contribution in [3.8, 4) is 5.75 Å². The Kier molecular flexibility index (Phi) is 5.08. The fraction of sp³-hybridized carbons (Fsp3) is 0.176. The number of aromatic nitrogens is 2. The maximum absolute atomic E-state index is 12.9. The van der Waals surface area contributed by atoms with Gasteiger partial charge >= 0.3 is 6.18 Å². The molecule has 0 fully saturated rings. The summed E-state index contributed by atoms with van der Waals surface area (Å²) in [6.07, 6.45) is -4.53. The summed E-state index contributed by atoms with van der Waals surface area (Å²) < 4.78 is 44.0. The van der Waals surface area contributed by atoms with Crippen molar-refractivity contribution >= 4 is 34.4 Å². The summed E-state index contributed by atoms with van der Waals surface area (Å²) in [6.45, 7) is 0. The number of hydrogen-bond donors (Lipinski definition) is 2. The molecule has 1 amide bonds. The van der Waals surface area contributed by atoms with E-state index in [1.807, 2.05) is 0 Å². The van der Waals surface area contributed by atoms with Crippen molar-refractivity contribution < 1.29 is 22.7 Å². The van der Waals surface area contributed by atoms with E-state index in [2.05, 4.69) is 15.3 Å². The Morgan fingerprint density at radius 1 is 1.27 bits per heavy atom. The quantitative estimate of drug-likeness (QED) is 0.646. The Labute approximate surface area is 151 Å². The predicted octanol–water partition coefficient (Wildman–Crippen LogP) is 4.32. The van der Waals surface area contributed by atoms with E-state index >= 15 is 0 Å². The third-order valence-electron chi connectivity index (χ3n) is 3.51. The van der Waals surface area contributed by atoms with Gasteiger partial charge in [0.15, 0.2) is 5.16 Å². The van der Waals surface area contributed by atoms with E-state index in [1.165, 1.54) is 18.2 Å². The highest BCUT2D eigenvalue weighted by Gasteiger charge is 2.33. The van der Waals surface area contributed by atoms with Crippen LogP contribution in [0.1, 0.15) is 5.56 Å². The van der Waals surface area contributed by atoms with Gasteiger partial charge in [0.2, 0.25) is 5.91 Å². The minimum atomic E-state index is -4.53. The number of halogens is 3. The van der Waals surface area contributed by atoms with E-state index in [4.69, 9.17) is 4.74 Å². The number of hydrogen-bond acceptors (Lipinski definition) is 4. The summed E-state index contributed by atoms with van der Waals surface area (Å²) in [7, 11) is 1.55. The van der Waals surface area contributed by atoms with Crippen LogP contribution >= 0.6 is 11.8 Å². The largest absolute Gasteiger partial charge is 0.497 e. The number of alkyl halides is 3. The Morgan fingerprint density at radius 3 is 2.77 bits per heavy atom. The lowest BCUT2D eigenvalue weighted by Crippen LogP contribution is -2.18. The number of carbonyl (C=O) groups is 1. The molecule has 2 aromatic carbocycles. The lowest BCUT2D eigenvalue weighted by Gasteiger charge is -2.13. The zero-order chi connectivity index (χ0) is 18.7. The van der Waals surface area contributed by atoms with Crippen LogP contribution in [0.25, 0.3) is 11.0 Å². The second-order valence-electron chi connectivity index (χ2n) is 5.31. The number of para-hydroxylation sites is 1. The number of H-pyrrole nitrogens is 1. The number of ether oxygens (including phenoxy) is 1. The molecule has 3 rings (SSSR count). The normalized spacial score (nSPS) is 11.5. The SMILES string of the molecule is COc1ccc2nc(SCC(=O)Nc3ccccc3C(F)(F)F)[nH]c2c1. The van der Waals surface area contributed by atoms with Crippen LogP contribution in [0.5, 0.6) is 5.75 Å². The van der Waals surface area contributed by atoms with Crippen molar-refractivity contribution in [2.75, 3.05) is 18.2 Å². The van der Waals surface area contributed by atoms with Gasteiger partial charge in [-0.1, -0.05) is 23.9 Å². The van der Waals surface area contributed by atoms with Gasteiger partial charge in [-0.05, 0) is 24.3 Å². The predicted molar refractivity (Wildman–Crippen MR) is 93.4 cm³/mol. The zero-order valence-electron chi connectivity index (χ0n) is 13.6. The number of carbonyl (C=O) groups excluding carboxylic acids is 1. The summed E-state index contributed by atoms with van der Waals surface area (Å²) in [4.78, 5) is 19.4. The van der Waals surface area contributed by atoms with Gasteiger partial charge in [-0.15, -0.1) is 0 Å². The smallest absolute Gasteiger partial charge is 0.418 e. The Bertz CT molecular complexity index is 940. The van der Waals surface area contributed by atoms with Crippen LogP contribution in [0.3, 0.4) is 0 Å². The van der Waals surface area contributed by atoms with Crippen molar-refractivity contribution in [3.63, 3.8) is 0 Å². The van der Waals surface area contributed by atoms with Crippen LogP contribution in [0.15, 0.2) is 47.6 Å². The molecule has 0 saturated heterocycles. The highest BCUT2D eigenvalue weighted by molar-refractivity contribution is 7.99. The van der Waals surface area contributed by atoms with Gasteiger partial charge in [-0.2, -0.15) is 13.2 Å². The molecule has 0 aliphatic carbocycles.